The summed E-state index contributed by atoms with van der Waals surface area (Å²) >= 11 is 0. The van der Waals surface area contributed by atoms with Crippen molar-refractivity contribution in [1.29, 1.82) is 0 Å². The average molecular weight is 328 g/mol. The third kappa shape index (κ3) is 4.02. The maximum atomic E-state index is 12.0. The summed E-state index contributed by atoms with van der Waals surface area (Å²) in [6.45, 7) is 4.61. The lowest BCUT2D eigenvalue weighted by Gasteiger charge is -2.33. The van der Waals surface area contributed by atoms with Crippen LogP contribution in [-0.2, 0) is 9.53 Å². The fourth-order valence-corrected chi connectivity index (χ4v) is 6.10. The number of benzene rings is 2. The van der Waals surface area contributed by atoms with Crippen molar-refractivity contribution in [1.82, 2.24) is 0 Å². The van der Waals surface area contributed by atoms with Crippen LogP contribution in [0.3, 0.4) is 0 Å². The summed E-state index contributed by atoms with van der Waals surface area (Å²) in [4.78, 5) is 12.0. The number of esters is 1. The molecule has 0 radical (unpaired) electrons. The molecule has 0 unspecified atom stereocenters. The average Bonchev–Trinajstić information content (AvgIpc) is 2.60. The van der Waals surface area contributed by atoms with Crippen molar-refractivity contribution in [2.24, 2.45) is 0 Å². The maximum Gasteiger partial charge on any atom is 0.305 e. The zero-order chi connectivity index (χ0) is 16.9. The van der Waals surface area contributed by atoms with Crippen molar-refractivity contribution < 1.29 is 14.3 Å². The molecule has 1 atom stereocenters. The SMILES string of the molecule is COC(=O)C[C@H](c1ccc(OC)cc1)[Si](C)(C)c1ccccc1. The minimum atomic E-state index is -1.90. The van der Waals surface area contributed by atoms with Gasteiger partial charge in [0.1, 0.15) is 5.75 Å². The predicted molar refractivity (Wildman–Crippen MR) is 95.9 cm³/mol. The van der Waals surface area contributed by atoms with Gasteiger partial charge in [0.05, 0.1) is 28.7 Å². The summed E-state index contributed by atoms with van der Waals surface area (Å²) in [6.07, 6.45) is 0.400. The molecular weight excluding hydrogens is 304 g/mol. The minimum Gasteiger partial charge on any atom is -0.497 e. The molecule has 0 aliphatic rings. The highest BCUT2D eigenvalue weighted by Gasteiger charge is 2.36. The van der Waals surface area contributed by atoms with Crippen LogP contribution >= 0.6 is 0 Å². The molecule has 2 aromatic carbocycles. The van der Waals surface area contributed by atoms with E-state index in [4.69, 9.17) is 9.47 Å². The van der Waals surface area contributed by atoms with Gasteiger partial charge in [-0.3, -0.25) is 4.79 Å². The Kier molecular flexibility index (Phi) is 5.61. The van der Waals surface area contributed by atoms with Gasteiger partial charge in [0.15, 0.2) is 0 Å². The third-order valence-electron chi connectivity index (χ3n) is 4.51. The van der Waals surface area contributed by atoms with E-state index in [0.717, 1.165) is 11.3 Å². The van der Waals surface area contributed by atoms with Gasteiger partial charge in [0.25, 0.3) is 0 Å². The molecule has 0 heterocycles. The smallest absolute Gasteiger partial charge is 0.305 e. The zero-order valence-electron chi connectivity index (χ0n) is 14.2. The predicted octanol–water partition coefficient (Wildman–Crippen LogP) is 3.50. The molecule has 0 bridgehead atoms. The second-order valence-electron chi connectivity index (χ2n) is 6.19. The number of carbonyl (C=O) groups excluding carboxylic acids is 1. The summed E-state index contributed by atoms with van der Waals surface area (Å²) < 4.78 is 10.2. The van der Waals surface area contributed by atoms with Gasteiger partial charge >= 0.3 is 5.97 Å². The van der Waals surface area contributed by atoms with Crippen LogP contribution in [0.15, 0.2) is 54.6 Å². The molecular formula is C19H24O3Si. The summed E-state index contributed by atoms with van der Waals surface area (Å²) in [7, 11) is 1.21. The fraction of sp³-hybridized carbons (Fsp3) is 0.316. The second-order valence-corrected chi connectivity index (χ2v) is 10.9. The molecule has 2 rings (SSSR count). The molecule has 0 aliphatic carbocycles. The Morgan fingerprint density at radius 1 is 1.00 bits per heavy atom. The summed E-state index contributed by atoms with van der Waals surface area (Å²) in [5, 5.41) is 1.34. The molecule has 0 saturated heterocycles. The molecule has 2 aromatic rings. The number of ether oxygens (including phenoxy) is 2. The van der Waals surface area contributed by atoms with Crippen LogP contribution < -0.4 is 9.92 Å². The highest BCUT2D eigenvalue weighted by atomic mass is 28.3. The highest BCUT2D eigenvalue weighted by molar-refractivity contribution is 6.91. The van der Waals surface area contributed by atoms with Crippen LogP contribution in [-0.4, -0.2) is 28.3 Å². The summed E-state index contributed by atoms with van der Waals surface area (Å²) in [5.74, 6) is 0.659. The van der Waals surface area contributed by atoms with Crippen LogP contribution in [0.5, 0.6) is 5.75 Å². The Balaban J connectivity index is 2.42. The van der Waals surface area contributed by atoms with E-state index in [1.165, 1.54) is 12.3 Å². The number of carbonyl (C=O) groups is 1. The Bertz CT molecular complexity index is 635. The molecule has 0 aromatic heterocycles. The fourth-order valence-electron chi connectivity index (χ4n) is 2.94. The number of hydrogen-bond donors (Lipinski definition) is 0. The van der Waals surface area contributed by atoms with Crippen molar-refractivity contribution in [2.75, 3.05) is 14.2 Å². The van der Waals surface area contributed by atoms with Crippen molar-refractivity contribution in [3.63, 3.8) is 0 Å². The van der Waals surface area contributed by atoms with Crippen LogP contribution in [0.2, 0.25) is 13.1 Å². The highest BCUT2D eigenvalue weighted by Crippen LogP contribution is 2.31. The van der Waals surface area contributed by atoms with Gasteiger partial charge < -0.3 is 9.47 Å². The Morgan fingerprint density at radius 2 is 1.61 bits per heavy atom. The van der Waals surface area contributed by atoms with Gasteiger partial charge in [0, 0.05) is 0 Å². The Labute approximate surface area is 139 Å². The van der Waals surface area contributed by atoms with Gasteiger partial charge in [-0.05, 0) is 23.2 Å². The largest absolute Gasteiger partial charge is 0.497 e. The van der Waals surface area contributed by atoms with Crippen LogP contribution in [0.4, 0.5) is 0 Å². The van der Waals surface area contributed by atoms with Crippen LogP contribution in [0, 0.1) is 0 Å². The van der Waals surface area contributed by atoms with Gasteiger partial charge in [-0.1, -0.05) is 60.7 Å². The molecule has 0 N–H and O–H groups in total. The molecule has 4 heteroatoms. The lowest BCUT2D eigenvalue weighted by Crippen LogP contribution is -2.48. The monoisotopic (exact) mass is 328 g/mol. The summed E-state index contributed by atoms with van der Waals surface area (Å²) in [5.41, 5.74) is 1.32. The Hall–Kier alpha value is -2.07. The lowest BCUT2D eigenvalue weighted by molar-refractivity contribution is -0.140. The first-order valence-electron chi connectivity index (χ1n) is 7.75. The van der Waals surface area contributed by atoms with E-state index in [2.05, 4.69) is 49.5 Å². The maximum absolute atomic E-state index is 12.0. The zero-order valence-corrected chi connectivity index (χ0v) is 15.2. The molecule has 0 saturated carbocycles. The Morgan fingerprint density at radius 3 is 2.13 bits per heavy atom. The number of rotatable bonds is 6. The van der Waals surface area contributed by atoms with Gasteiger partial charge in [-0.15, -0.1) is 0 Å². The molecule has 23 heavy (non-hydrogen) atoms. The number of methoxy groups -OCH3 is 2. The minimum absolute atomic E-state index is 0.156. The normalized spacial score (nSPS) is 12.5. The van der Waals surface area contributed by atoms with Gasteiger partial charge in [-0.25, -0.2) is 0 Å². The van der Waals surface area contributed by atoms with E-state index < -0.39 is 8.07 Å². The first-order valence-corrected chi connectivity index (χ1v) is 10.8. The van der Waals surface area contributed by atoms with E-state index in [1.807, 2.05) is 18.2 Å². The lowest BCUT2D eigenvalue weighted by atomic mass is 10.1. The quantitative estimate of drug-likeness (QED) is 0.601. The van der Waals surface area contributed by atoms with Gasteiger partial charge in [-0.2, -0.15) is 0 Å². The van der Waals surface area contributed by atoms with Crippen molar-refractivity contribution >= 4 is 19.2 Å². The molecule has 0 fully saturated rings. The third-order valence-corrected chi connectivity index (χ3v) is 8.61. The first kappa shape index (κ1) is 17.3. The molecule has 122 valence electrons. The van der Waals surface area contributed by atoms with E-state index in [0.29, 0.717) is 6.42 Å². The molecule has 0 spiro atoms. The first-order chi connectivity index (χ1) is 11.0. The standard InChI is InChI=1S/C19H24O3Si/c1-21-16-12-10-15(11-13-16)18(14-19(20)22-2)23(3,4)17-8-6-5-7-9-17/h5-13,18H,14H2,1-4H3/t18-/m1/s1. The van der Waals surface area contributed by atoms with E-state index in [1.54, 1.807) is 7.11 Å². The molecule has 0 aliphatic heterocycles. The van der Waals surface area contributed by atoms with Crippen molar-refractivity contribution in [3.05, 3.63) is 60.2 Å². The van der Waals surface area contributed by atoms with Crippen LogP contribution in [0.25, 0.3) is 0 Å². The molecule has 0 amide bonds. The summed E-state index contributed by atoms with van der Waals surface area (Å²) in [6, 6.07) is 18.5. The van der Waals surface area contributed by atoms with E-state index in [9.17, 15) is 4.79 Å². The van der Waals surface area contributed by atoms with Crippen LogP contribution in [0.1, 0.15) is 17.5 Å². The second kappa shape index (κ2) is 7.46. The van der Waals surface area contributed by atoms with E-state index >= 15 is 0 Å². The van der Waals surface area contributed by atoms with Crippen molar-refractivity contribution in [2.45, 2.75) is 25.1 Å². The topological polar surface area (TPSA) is 35.5 Å². The van der Waals surface area contributed by atoms with Crippen molar-refractivity contribution in [3.8, 4) is 5.75 Å². The van der Waals surface area contributed by atoms with Gasteiger partial charge in [0.2, 0.25) is 0 Å². The van der Waals surface area contributed by atoms with E-state index in [-0.39, 0.29) is 11.5 Å². The number of hydrogen-bond acceptors (Lipinski definition) is 3. The molecule has 3 nitrogen and oxygen atoms in total.